The molecule has 0 saturated heterocycles. The third-order valence-electron chi connectivity index (χ3n) is 4.82. The molecule has 2 aromatic carbocycles. The van der Waals surface area contributed by atoms with Crippen molar-refractivity contribution in [1.29, 1.82) is 0 Å². The topological polar surface area (TPSA) is 71.5 Å². The molecule has 0 bridgehead atoms. The molecule has 0 aliphatic carbocycles. The Labute approximate surface area is 189 Å². The number of nitrogens with one attached hydrogen (secondary N) is 1. The van der Waals surface area contributed by atoms with Gasteiger partial charge < -0.3 is 14.2 Å². The highest BCUT2D eigenvalue weighted by molar-refractivity contribution is 6.31. The van der Waals surface area contributed by atoms with Crippen LogP contribution in [0.5, 0.6) is 0 Å². The van der Waals surface area contributed by atoms with Gasteiger partial charge in [0.1, 0.15) is 17.8 Å². The first-order chi connectivity index (χ1) is 15.6. The van der Waals surface area contributed by atoms with E-state index in [9.17, 15) is 9.18 Å². The second-order valence-electron chi connectivity index (χ2n) is 7.25. The number of halogens is 2. The normalized spacial score (nSPS) is 11.1. The van der Waals surface area contributed by atoms with Crippen LogP contribution in [-0.4, -0.2) is 15.8 Å². The lowest BCUT2D eigenvalue weighted by molar-refractivity contribution is 0.0943. The number of rotatable bonds is 9. The predicted octanol–water partition coefficient (Wildman–Crippen LogP) is 5.19. The van der Waals surface area contributed by atoms with Crippen molar-refractivity contribution >= 4 is 17.5 Å². The van der Waals surface area contributed by atoms with Crippen molar-refractivity contribution in [3.05, 3.63) is 113 Å². The Bertz CT molecular complexity index is 1160. The highest BCUT2D eigenvalue weighted by Crippen LogP contribution is 2.20. The molecular formula is C24H21ClFN3O3. The van der Waals surface area contributed by atoms with E-state index in [1.807, 2.05) is 24.3 Å². The second-order valence-corrected chi connectivity index (χ2v) is 7.66. The van der Waals surface area contributed by atoms with Crippen molar-refractivity contribution in [1.82, 2.24) is 15.2 Å². The van der Waals surface area contributed by atoms with E-state index in [0.717, 1.165) is 11.1 Å². The third-order valence-corrected chi connectivity index (χ3v) is 5.19. The standard InChI is InChI=1S/C24H21ClFN3O3/c25-21-6-2-1-4-18(21)14-29(13-17-7-9-19(26)10-8-17)15-23-28-22(16-32-23)24(30)27-12-20-5-3-11-31-20/h1-11,16H,12-15H2,(H,27,30). The van der Waals surface area contributed by atoms with Crippen molar-refractivity contribution in [2.75, 3.05) is 0 Å². The van der Waals surface area contributed by atoms with Gasteiger partial charge in [-0.15, -0.1) is 0 Å². The predicted molar refractivity (Wildman–Crippen MR) is 117 cm³/mol. The van der Waals surface area contributed by atoms with Gasteiger partial charge in [-0.25, -0.2) is 9.37 Å². The van der Waals surface area contributed by atoms with Gasteiger partial charge in [0.05, 0.1) is 19.4 Å². The number of amides is 1. The maximum atomic E-state index is 13.3. The molecule has 0 aliphatic heterocycles. The summed E-state index contributed by atoms with van der Waals surface area (Å²) in [5, 5.41) is 3.39. The molecule has 1 N–H and O–H groups in total. The number of furan rings is 1. The average molecular weight is 454 g/mol. The van der Waals surface area contributed by atoms with Crippen molar-refractivity contribution in [2.24, 2.45) is 0 Å². The number of oxazole rings is 1. The molecule has 6 nitrogen and oxygen atoms in total. The van der Waals surface area contributed by atoms with Crippen molar-refractivity contribution in [3.8, 4) is 0 Å². The van der Waals surface area contributed by atoms with E-state index in [4.69, 9.17) is 20.4 Å². The highest BCUT2D eigenvalue weighted by atomic mass is 35.5. The van der Waals surface area contributed by atoms with Gasteiger partial charge in [-0.2, -0.15) is 0 Å². The zero-order valence-corrected chi connectivity index (χ0v) is 17.9. The van der Waals surface area contributed by atoms with E-state index in [-0.39, 0.29) is 24.0 Å². The van der Waals surface area contributed by atoms with Gasteiger partial charge in [-0.05, 0) is 41.5 Å². The SMILES string of the molecule is O=C(NCc1ccco1)c1coc(CN(Cc2ccc(F)cc2)Cc2ccccc2Cl)n1. The maximum Gasteiger partial charge on any atom is 0.273 e. The Hall–Kier alpha value is -3.42. The summed E-state index contributed by atoms with van der Waals surface area (Å²) >= 11 is 6.34. The molecule has 32 heavy (non-hydrogen) atoms. The molecule has 2 heterocycles. The Morgan fingerprint density at radius 3 is 2.56 bits per heavy atom. The summed E-state index contributed by atoms with van der Waals surface area (Å²) in [6, 6.07) is 17.4. The molecular weight excluding hydrogens is 433 g/mol. The lowest BCUT2D eigenvalue weighted by Crippen LogP contribution is -2.24. The molecule has 0 saturated carbocycles. The van der Waals surface area contributed by atoms with Crippen LogP contribution in [0, 0.1) is 5.82 Å². The monoisotopic (exact) mass is 453 g/mol. The first-order valence-electron chi connectivity index (χ1n) is 10.0. The summed E-state index contributed by atoms with van der Waals surface area (Å²) in [5.74, 6) is 0.395. The molecule has 0 atom stereocenters. The number of hydrogen-bond donors (Lipinski definition) is 1. The number of carbonyl (C=O) groups excluding carboxylic acids is 1. The minimum atomic E-state index is -0.354. The molecule has 8 heteroatoms. The fourth-order valence-corrected chi connectivity index (χ4v) is 3.43. The van der Waals surface area contributed by atoms with Crippen LogP contribution in [0.2, 0.25) is 5.02 Å². The van der Waals surface area contributed by atoms with Crippen LogP contribution in [0.3, 0.4) is 0 Å². The van der Waals surface area contributed by atoms with Crippen molar-refractivity contribution < 1.29 is 18.0 Å². The molecule has 4 rings (SSSR count). The fourth-order valence-electron chi connectivity index (χ4n) is 3.23. The zero-order valence-electron chi connectivity index (χ0n) is 17.1. The minimum Gasteiger partial charge on any atom is -0.467 e. The Balaban J connectivity index is 1.45. The number of aromatic nitrogens is 1. The van der Waals surface area contributed by atoms with E-state index in [2.05, 4.69) is 15.2 Å². The smallest absolute Gasteiger partial charge is 0.273 e. The van der Waals surface area contributed by atoms with E-state index < -0.39 is 0 Å². The molecule has 0 unspecified atom stereocenters. The number of hydrogen-bond acceptors (Lipinski definition) is 5. The Morgan fingerprint density at radius 1 is 1.00 bits per heavy atom. The van der Waals surface area contributed by atoms with Gasteiger partial charge in [0.2, 0.25) is 5.89 Å². The van der Waals surface area contributed by atoms with Crippen LogP contribution in [0.1, 0.15) is 33.3 Å². The first-order valence-corrected chi connectivity index (χ1v) is 10.4. The van der Waals surface area contributed by atoms with Gasteiger partial charge in [0.15, 0.2) is 5.69 Å². The zero-order chi connectivity index (χ0) is 22.3. The van der Waals surface area contributed by atoms with Crippen molar-refractivity contribution in [3.63, 3.8) is 0 Å². The first kappa shape index (κ1) is 21.8. The van der Waals surface area contributed by atoms with E-state index >= 15 is 0 Å². The summed E-state index contributed by atoms with van der Waals surface area (Å²) in [7, 11) is 0. The van der Waals surface area contributed by atoms with Gasteiger partial charge in [-0.1, -0.05) is 41.9 Å². The summed E-state index contributed by atoms with van der Waals surface area (Å²) in [4.78, 5) is 18.7. The summed E-state index contributed by atoms with van der Waals surface area (Å²) in [6.07, 6.45) is 2.88. The number of carbonyl (C=O) groups is 1. The lowest BCUT2D eigenvalue weighted by Gasteiger charge is -2.21. The van der Waals surface area contributed by atoms with Crippen LogP contribution in [0.4, 0.5) is 4.39 Å². The van der Waals surface area contributed by atoms with Crippen LogP contribution in [0.25, 0.3) is 0 Å². The molecule has 0 radical (unpaired) electrons. The van der Waals surface area contributed by atoms with E-state index in [1.165, 1.54) is 18.4 Å². The van der Waals surface area contributed by atoms with Crippen molar-refractivity contribution in [2.45, 2.75) is 26.2 Å². The largest absolute Gasteiger partial charge is 0.467 e. The van der Waals surface area contributed by atoms with Crippen LogP contribution in [-0.2, 0) is 26.2 Å². The van der Waals surface area contributed by atoms with Crippen LogP contribution in [0.15, 0.2) is 82.0 Å². The average Bonchev–Trinajstić information content (AvgIpc) is 3.47. The van der Waals surface area contributed by atoms with Gasteiger partial charge in [0.25, 0.3) is 5.91 Å². The summed E-state index contributed by atoms with van der Waals surface area (Å²) in [6.45, 7) is 1.65. The minimum absolute atomic E-state index is 0.186. The van der Waals surface area contributed by atoms with E-state index in [0.29, 0.717) is 36.3 Å². The van der Waals surface area contributed by atoms with Gasteiger partial charge in [0, 0.05) is 18.1 Å². The molecule has 0 spiro atoms. The maximum absolute atomic E-state index is 13.3. The van der Waals surface area contributed by atoms with E-state index in [1.54, 1.807) is 30.5 Å². The third kappa shape index (κ3) is 5.84. The second kappa shape index (κ2) is 10.3. The molecule has 0 fully saturated rings. The van der Waals surface area contributed by atoms with Crippen LogP contribution >= 0.6 is 11.6 Å². The Morgan fingerprint density at radius 2 is 1.81 bits per heavy atom. The molecule has 2 aromatic heterocycles. The quantitative estimate of drug-likeness (QED) is 0.377. The lowest BCUT2D eigenvalue weighted by atomic mass is 10.1. The van der Waals surface area contributed by atoms with Crippen LogP contribution < -0.4 is 5.32 Å². The number of benzene rings is 2. The fraction of sp³-hybridized carbons (Fsp3) is 0.167. The molecule has 4 aromatic rings. The number of nitrogens with zero attached hydrogens (tertiary/aromatic N) is 2. The van der Waals surface area contributed by atoms with Gasteiger partial charge >= 0.3 is 0 Å². The molecule has 0 aliphatic rings. The molecule has 1 amide bonds. The Kier molecular flexibility index (Phi) is 6.99. The summed E-state index contributed by atoms with van der Waals surface area (Å²) < 4.78 is 24.1. The van der Waals surface area contributed by atoms with Gasteiger partial charge in [-0.3, -0.25) is 9.69 Å². The summed E-state index contributed by atoms with van der Waals surface area (Å²) in [5.41, 5.74) is 2.06. The molecule has 164 valence electrons. The highest BCUT2D eigenvalue weighted by Gasteiger charge is 2.17.